The minimum Gasteiger partial charge on any atom is -0.380 e. The van der Waals surface area contributed by atoms with Crippen molar-refractivity contribution in [3.8, 4) is 0 Å². The maximum atomic E-state index is 12.4. The molecule has 2 aromatic rings. The number of hydrogen-bond acceptors (Lipinski definition) is 2. The minimum atomic E-state index is -4.46. The molecule has 0 amide bonds. The summed E-state index contributed by atoms with van der Waals surface area (Å²) in [6, 6.07) is 5.33. The summed E-state index contributed by atoms with van der Waals surface area (Å²) in [6.07, 6.45) is -3.37. The van der Waals surface area contributed by atoms with Gasteiger partial charge in [0.05, 0.1) is 21.9 Å². The molecule has 0 aliphatic rings. The van der Waals surface area contributed by atoms with Crippen molar-refractivity contribution in [2.45, 2.75) is 12.7 Å². The Morgan fingerprint density at radius 1 is 1.00 bits per heavy atom. The molecule has 1 aromatic heterocycles. The molecule has 2 rings (SSSR count). The first kappa shape index (κ1) is 16.2. The molecule has 0 saturated carbocycles. The Balaban J connectivity index is 2.12. The number of nitrogens with zero attached hydrogens (tertiary/aromatic N) is 1. The largest absolute Gasteiger partial charge is 0.433 e. The number of anilines is 1. The fourth-order valence-corrected chi connectivity index (χ4v) is 2.27. The van der Waals surface area contributed by atoms with Crippen molar-refractivity contribution in [3.05, 3.63) is 56.8 Å². The number of alkyl halides is 3. The lowest BCUT2D eigenvalue weighted by atomic mass is 10.2. The highest BCUT2D eigenvalue weighted by Crippen LogP contribution is 2.32. The SMILES string of the molecule is FC(F)(F)c1ccc(NCc2c(Cl)ccc(Cl)c2Cl)cn1. The summed E-state index contributed by atoms with van der Waals surface area (Å²) < 4.78 is 37.2. The van der Waals surface area contributed by atoms with Gasteiger partial charge in [0.25, 0.3) is 0 Å². The molecule has 0 radical (unpaired) electrons. The van der Waals surface area contributed by atoms with Gasteiger partial charge in [0, 0.05) is 17.1 Å². The smallest absolute Gasteiger partial charge is 0.380 e. The molecule has 1 heterocycles. The molecule has 0 bridgehead atoms. The van der Waals surface area contributed by atoms with E-state index >= 15 is 0 Å². The van der Waals surface area contributed by atoms with E-state index in [1.807, 2.05) is 0 Å². The molecule has 1 aromatic carbocycles. The summed E-state index contributed by atoms with van der Waals surface area (Å²) in [5.74, 6) is 0. The first-order valence-corrected chi connectivity index (χ1v) is 6.82. The van der Waals surface area contributed by atoms with Crippen molar-refractivity contribution in [2.24, 2.45) is 0 Å². The molecular weight excluding hydrogens is 348 g/mol. The Bertz CT molecular complexity index is 642. The quantitative estimate of drug-likeness (QED) is 0.717. The van der Waals surface area contributed by atoms with Gasteiger partial charge in [0.2, 0.25) is 0 Å². The van der Waals surface area contributed by atoms with Gasteiger partial charge in [-0.15, -0.1) is 0 Å². The van der Waals surface area contributed by atoms with Gasteiger partial charge in [-0.1, -0.05) is 34.8 Å². The van der Waals surface area contributed by atoms with E-state index in [0.29, 0.717) is 26.3 Å². The van der Waals surface area contributed by atoms with E-state index in [1.54, 1.807) is 12.1 Å². The van der Waals surface area contributed by atoms with Crippen LogP contribution in [0.3, 0.4) is 0 Å². The number of pyridine rings is 1. The van der Waals surface area contributed by atoms with Gasteiger partial charge >= 0.3 is 6.18 Å². The summed E-state index contributed by atoms with van der Waals surface area (Å²) in [5.41, 5.74) is 0.0210. The molecule has 112 valence electrons. The minimum absolute atomic E-state index is 0.214. The maximum absolute atomic E-state index is 12.4. The predicted molar refractivity (Wildman–Crippen MR) is 78.0 cm³/mol. The zero-order chi connectivity index (χ0) is 15.6. The second-order valence-corrected chi connectivity index (χ2v) is 5.30. The maximum Gasteiger partial charge on any atom is 0.433 e. The molecule has 0 unspecified atom stereocenters. The van der Waals surface area contributed by atoms with Crippen molar-refractivity contribution in [2.75, 3.05) is 5.32 Å². The van der Waals surface area contributed by atoms with E-state index in [2.05, 4.69) is 10.3 Å². The number of hydrogen-bond donors (Lipinski definition) is 1. The first-order chi connectivity index (χ1) is 9.79. The number of nitrogens with one attached hydrogen (secondary N) is 1. The fourth-order valence-electron chi connectivity index (χ4n) is 1.59. The highest BCUT2D eigenvalue weighted by Gasteiger charge is 2.31. The van der Waals surface area contributed by atoms with Gasteiger partial charge in [0.15, 0.2) is 0 Å². The summed E-state index contributed by atoms with van der Waals surface area (Å²) >= 11 is 17.9. The Morgan fingerprint density at radius 2 is 1.67 bits per heavy atom. The van der Waals surface area contributed by atoms with Crippen molar-refractivity contribution >= 4 is 40.5 Å². The average Bonchev–Trinajstić information content (AvgIpc) is 2.43. The lowest BCUT2D eigenvalue weighted by Gasteiger charge is -2.11. The Hall–Kier alpha value is -1.17. The van der Waals surface area contributed by atoms with E-state index in [4.69, 9.17) is 34.8 Å². The van der Waals surface area contributed by atoms with Crippen LogP contribution in [0.4, 0.5) is 18.9 Å². The number of benzene rings is 1. The van der Waals surface area contributed by atoms with Crippen LogP contribution in [-0.2, 0) is 12.7 Å². The topological polar surface area (TPSA) is 24.9 Å². The van der Waals surface area contributed by atoms with Crippen molar-refractivity contribution < 1.29 is 13.2 Å². The Labute approximate surface area is 133 Å². The van der Waals surface area contributed by atoms with Gasteiger partial charge in [-0.25, -0.2) is 4.98 Å². The zero-order valence-electron chi connectivity index (χ0n) is 10.3. The second kappa shape index (κ2) is 6.30. The Kier molecular flexibility index (Phi) is 4.86. The molecule has 2 nitrogen and oxygen atoms in total. The number of aromatic nitrogens is 1. The number of halogens is 6. The summed E-state index contributed by atoms with van der Waals surface area (Å²) in [5, 5.41) is 3.96. The van der Waals surface area contributed by atoms with Gasteiger partial charge < -0.3 is 5.32 Å². The monoisotopic (exact) mass is 354 g/mol. The van der Waals surface area contributed by atoms with Crippen LogP contribution in [0.2, 0.25) is 15.1 Å². The summed E-state index contributed by atoms with van der Waals surface area (Å²) in [6.45, 7) is 0.214. The van der Waals surface area contributed by atoms with Gasteiger partial charge in [-0.05, 0) is 24.3 Å². The molecule has 0 aliphatic carbocycles. The summed E-state index contributed by atoms with van der Waals surface area (Å²) in [7, 11) is 0. The third-order valence-corrected chi connectivity index (χ3v) is 3.86. The highest BCUT2D eigenvalue weighted by atomic mass is 35.5. The van der Waals surface area contributed by atoms with Crippen LogP contribution < -0.4 is 5.32 Å². The van der Waals surface area contributed by atoms with Crippen LogP contribution in [-0.4, -0.2) is 4.98 Å². The summed E-state index contributed by atoms with van der Waals surface area (Å²) in [4.78, 5) is 3.35. The van der Waals surface area contributed by atoms with Gasteiger partial charge in [-0.2, -0.15) is 13.2 Å². The van der Waals surface area contributed by atoms with Gasteiger partial charge in [-0.3, -0.25) is 0 Å². The van der Waals surface area contributed by atoms with Crippen LogP contribution in [0, 0.1) is 0 Å². The van der Waals surface area contributed by atoms with Crippen LogP contribution >= 0.6 is 34.8 Å². The lowest BCUT2D eigenvalue weighted by molar-refractivity contribution is -0.141. The molecule has 0 spiro atoms. The van der Waals surface area contributed by atoms with Crippen molar-refractivity contribution in [3.63, 3.8) is 0 Å². The van der Waals surface area contributed by atoms with Crippen LogP contribution in [0.15, 0.2) is 30.5 Å². The van der Waals surface area contributed by atoms with E-state index in [0.717, 1.165) is 12.3 Å². The van der Waals surface area contributed by atoms with Crippen LogP contribution in [0.25, 0.3) is 0 Å². The predicted octanol–water partition coefficient (Wildman–Crippen LogP) is 5.67. The second-order valence-electron chi connectivity index (χ2n) is 4.11. The van der Waals surface area contributed by atoms with Crippen molar-refractivity contribution in [1.29, 1.82) is 0 Å². The number of rotatable bonds is 3. The molecule has 8 heteroatoms. The van der Waals surface area contributed by atoms with E-state index < -0.39 is 11.9 Å². The molecular formula is C13H8Cl3F3N2. The molecule has 0 saturated heterocycles. The van der Waals surface area contributed by atoms with E-state index in [1.165, 1.54) is 6.07 Å². The molecule has 21 heavy (non-hydrogen) atoms. The highest BCUT2D eigenvalue weighted by molar-refractivity contribution is 6.44. The van der Waals surface area contributed by atoms with Gasteiger partial charge in [0.1, 0.15) is 5.69 Å². The normalized spacial score (nSPS) is 11.5. The van der Waals surface area contributed by atoms with Crippen LogP contribution in [0.1, 0.15) is 11.3 Å². The van der Waals surface area contributed by atoms with Crippen molar-refractivity contribution in [1.82, 2.24) is 4.98 Å². The van der Waals surface area contributed by atoms with Crippen LogP contribution in [0.5, 0.6) is 0 Å². The Morgan fingerprint density at radius 3 is 2.24 bits per heavy atom. The average molecular weight is 356 g/mol. The molecule has 0 aliphatic heterocycles. The van der Waals surface area contributed by atoms with E-state index in [-0.39, 0.29) is 6.54 Å². The zero-order valence-corrected chi connectivity index (χ0v) is 12.6. The lowest BCUT2D eigenvalue weighted by Crippen LogP contribution is -2.08. The molecule has 0 atom stereocenters. The molecule has 1 N–H and O–H groups in total. The standard InChI is InChI=1S/C13H8Cl3F3N2/c14-9-2-3-10(15)12(16)8(9)6-20-7-1-4-11(21-5-7)13(17,18)19/h1-5,20H,6H2. The third kappa shape index (κ3) is 3.93. The third-order valence-electron chi connectivity index (χ3n) is 2.66. The fraction of sp³-hybridized carbons (Fsp3) is 0.154. The first-order valence-electron chi connectivity index (χ1n) is 5.68. The van der Waals surface area contributed by atoms with E-state index in [9.17, 15) is 13.2 Å². The molecule has 0 fully saturated rings.